The van der Waals surface area contributed by atoms with Crippen LogP contribution >= 0.6 is 0 Å². The first-order valence-corrected chi connectivity index (χ1v) is 9.77. The third kappa shape index (κ3) is 5.84. The Hall–Kier alpha value is -2.83. The monoisotopic (exact) mass is 385 g/mol. The first-order valence-electron chi connectivity index (χ1n) is 9.77. The Labute approximate surface area is 167 Å². The van der Waals surface area contributed by atoms with E-state index >= 15 is 0 Å². The molecule has 0 aliphatic carbocycles. The Morgan fingerprint density at radius 1 is 1.18 bits per heavy atom. The molecule has 152 valence electrons. The van der Waals surface area contributed by atoms with Crippen LogP contribution in [0.25, 0.3) is 11.5 Å². The highest BCUT2D eigenvalue weighted by atomic mass is 16.3. The molecule has 0 radical (unpaired) electrons. The molecule has 28 heavy (non-hydrogen) atoms. The molecule has 0 spiro atoms. The van der Waals surface area contributed by atoms with E-state index in [9.17, 15) is 4.79 Å². The number of amides is 1. The van der Waals surface area contributed by atoms with Gasteiger partial charge in [0.25, 0.3) is 0 Å². The van der Waals surface area contributed by atoms with Gasteiger partial charge in [0, 0.05) is 32.2 Å². The summed E-state index contributed by atoms with van der Waals surface area (Å²) in [5.74, 6) is 1.34. The molecule has 7 nitrogen and oxygen atoms in total. The minimum absolute atomic E-state index is 0.0844. The van der Waals surface area contributed by atoms with Crippen LogP contribution in [0.1, 0.15) is 32.0 Å². The maximum Gasteiger partial charge on any atom is 0.242 e. The van der Waals surface area contributed by atoms with Gasteiger partial charge < -0.3 is 19.5 Å². The summed E-state index contributed by atoms with van der Waals surface area (Å²) in [6.45, 7) is 10.8. The second kappa shape index (κ2) is 10.5. The number of hydrogen-bond acceptors (Lipinski definition) is 4. The lowest BCUT2D eigenvalue weighted by Crippen LogP contribution is -2.45. The second-order valence-electron chi connectivity index (χ2n) is 6.60. The Balaban J connectivity index is 2.05. The first kappa shape index (κ1) is 21.5. The summed E-state index contributed by atoms with van der Waals surface area (Å²) in [6, 6.07) is 8.04. The summed E-state index contributed by atoms with van der Waals surface area (Å²) >= 11 is 0. The van der Waals surface area contributed by atoms with Crippen molar-refractivity contribution < 1.29 is 9.21 Å². The first-order chi connectivity index (χ1) is 13.5. The Kier molecular flexibility index (Phi) is 8.04. The number of likely N-dealkylation sites (N-methyl/N-ethyl adjacent to an activating group) is 2. The van der Waals surface area contributed by atoms with E-state index in [-0.39, 0.29) is 12.5 Å². The molecule has 2 rings (SSSR count). The van der Waals surface area contributed by atoms with E-state index in [0.29, 0.717) is 31.5 Å². The molecule has 0 saturated heterocycles. The lowest BCUT2D eigenvalue weighted by atomic mass is 10.1. The van der Waals surface area contributed by atoms with Crippen molar-refractivity contribution in [2.24, 2.45) is 4.99 Å². The molecule has 7 heteroatoms. The van der Waals surface area contributed by atoms with Gasteiger partial charge in [-0.05, 0) is 39.8 Å². The van der Waals surface area contributed by atoms with Crippen molar-refractivity contribution in [2.75, 3.05) is 33.2 Å². The van der Waals surface area contributed by atoms with E-state index in [1.165, 1.54) is 5.56 Å². The highest BCUT2D eigenvalue weighted by molar-refractivity contribution is 5.86. The fourth-order valence-corrected chi connectivity index (χ4v) is 2.79. The predicted molar refractivity (Wildman–Crippen MR) is 112 cm³/mol. The molecular formula is C21H31N5O2. The molecule has 1 aromatic heterocycles. The molecule has 0 aliphatic heterocycles. The second-order valence-corrected chi connectivity index (χ2v) is 6.60. The van der Waals surface area contributed by atoms with Crippen molar-refractivity contribution in [3.63, 3.8) is 0 Å². The standard InChI is InChI=1S/C21H31N5O2/c1-6-22-21(25(5)14-19(27)26(7-2)8-3)23-13-18-15-28-20(24-18)17-11-9-16(4)10-12-17/h9-12,15H,6-8,13-14H2,1-5H3,(H,22,23). The summed E-state index contributed by atoms with van der Waals surface area (Å²) in [4.78, 5) is 25.1. The number of carbonyl (C=O) groups excluding carboxylic acids is 1. The van der Waals surface area contributed by atoms with E-state index in [2.05, 4.69) is 15.3 Å². The van der Waals surface area contributed by atoms with Crippen molar-refractivity contribution in [3.8, 4) is 11.5 Å². The summed E-state index contributed by atoms with van der Waals surface area (Å²) < 4.78 is 5.59. The van der Waals surface area contributed by atoms with Crippen LogP contribution in [0.5, 0.6) is 0 Å². The minimum atomic E-state index is 0.0844. The fourth-order valence-electron chi connectivity index (χ4n) is 2.79. The quantitative estimate of drug-likeness (QED) is 0.559. The topological polar surface area (TPSA) is 74.0 Å². The van der Waals surface area contributed by atoms with Crippen LogP contribution in [-0.2, 0) is 11.3 Å². The summed E-state index contributed by atoms with van der Waals surface area (Å²) in [5, 5.41) is 3.22. The molecule has 1 heterocycles. The fraction of sp³-hybridized carbons (Fsp3) is 0.476. The molecular weight excluding hydrogens is 354 g/mol. The van der Waals surface area contributed by atoms with Gasteiger partial charge in [-0.25, -0.2) is 9.98 Å². The van der Waals surface area contributed by atoms with E-state index in [1.54, 1.807) is 6.26 Å². The van der Waals surface area contributed by atoms with Crippen LogP contribution in [0.2, 0.25) is 0 Å². The summed E-state index contributed by atoms with van der Waals surface area (Å²) in [6.07, 6.45) is 1.63. The molecule has 0 aliphatic rings. The smallest absolute Gasteiger partial charge is 0.242 e. The summed E-state index contributed by atoms with van der Waals surface area (Å²) in [5.41, 5.74) is 2.88. The lowest BCUT2D eigenvalue weighted by molar-refractivity contribution is -0.131. The van der Waals surface area contributed by atoms with Gasteiger partial charge in [-0.3, -0.25) is 4.79 Å². The van der Waals surface area contributed by atoms with E-state index in [1.807, 2.05) is 68.8 Å². The maximum absolute atomic E-state index is 12.4. The SMILES string of the molecule is CCNC(=NCc1coc(-c2ccc(C)cc2)n1)N(C)CC(=O)N(CC)CC. The van der Waals surface area contributed by atoms with Gasteiger partial charge in [0.1, 0.15) is 12.0 Å². The Bertz CT molecular complexity index is 778. The zero-order valence-electron chi connectivity index (χ0n) is 17.5. The van der Waals surface area contributed by atoms with Gasteiger partial charge in [-0.1, -0.05) is 17.7 Å². The molecule has 2 aromatic rings. The van der Waals surface area contributed by atoms with E-state index in [4.69, 9.17) is 4.42 Å². The van der Waals surface area contributed by atoms with Gasteiger partial charge in [0.15, 0.2) is 5.96 Å². The van der Waals surface area contributed by atoms with Crippen molar-refractivity contribution >= 4 is 11.9 Å². The van der Waals surface area contributed by atoms with Crippen molar-refractivity contribution in [3.05, 3.63) is 41.8 Å². The highest BCUT2D eigenvalue weighted by Crippen LogP contribution is 2.19. The number of benzene rings is 1. The van der Waals surface area contributed by atoms with E-state index in [0.717, 1.165) is 17.8 Å². The average molecular weight is 386 g/mol. The number of nitrogens with zero attached hydrogens (tertiary/aromatic N) is 4. The van der Waals surface area contributed by atoms with Crippen molar-refractivity contribution in [1.82, 2.24) is 20.1 Å². The molecule has 0 atom stereocenters. The van der Waals surface area contributed by atoms with Gasteiger partial charge in [0.05, 0.1) is 13.1 Å². The number of oxazole rings is 1. The van der Waals surface area contributed by atoms with Crippen LogP contribution < -0.4 is 5.32 Å². The number of guanidine groups is 1. The number of aromatic nitrogens is 1. The zero-order valence-corrected chi connectivity index (χ0v) is 17.5. The van der Waals surface area contributed by atoms with Crippen LogP contribution in [0, 0.1) is 6.92 Å². The third-order valence-electron chi connectivity index (χ3n) is 4.43. The molecule has 1 aromatic carbocycles. The van der Waals surface area contributed by atoms with Gasteiger partial charge in [-0.15, -0.1) is 0 Å². The predicted octanol–water partition coefficient (Wildman–Crippen LogP) is 2.92. The van der Waals surface area contributed by atoms with Crippen LogP contribution in [0.3, 0.4) is 0 Å². The van der Waals surface area contributed by atoms with Crippen LogP contribution in [0.15, 0.2) is 39.9 Å². The number of aliphatic imine (C=N–C) groups is 1. The van der Waals surface area contributed by atoms with Gasteiger partial charge in [0.2, 0.25) is 11.8 Å². The largest absolute Gasteiger partial charge is 0.444 e. The van der Waals surface area contributed by atoms with Crippen LogP contribution in [0.4, 0.5) is 0 Å². The Morgan fingerprint density at radius 2 is 1.86 bits per heavy atom. The lowest BCUT2D eigenvalue weighted by Gasteiger charge is -2.25. The summed E-state index contributed by atoms with van der Waals surface area (Å²) in [7, 11) is 1.86. The molecule has 0 fully saturated rings. The molecule has 0 bridgehead atoms. The number of hydrogen-bond donors (Lipinski definition) is 1. The third-order valence-corrected chi connectivity index (χ3v) is 4.43. The maximum atomic E-state index is 12.4. The number of aryl methyl sites for hydroxylation is 1. The van der Waals surface area contributed by atoms with Crippen molar-refractivity contribution in [2.45, 2.75) is 34.2 Å². The molecule has 1 amide bonds. The van der Waals surface area contributed by atoms with Crippen molar-refractivity contribution in [1.29, 1.82) is 0 Å². The average Bonchev–Trinajstić information content (AvgIpc) is 3.15. The molecule has 0 unspecified atom stereocenters. The highest BCUT2D eigenvalue weighted by Gasteiger charge is 2.15. The van der Waals surface area contributed by atoms with Gasteiger partial charge in [-0.2, -0.15) is 0 Å². The Morgan fingerprint density at radius 3 is 2.46 bits per heavy atom. The van der Waals surface area contributed by atoms with E-state index < -0.39 is 0 Å². The normalized spacial score (nSPS) is 11.4. The minimum Gasteiger partial charge on any atom is -0.444 e. The number of nitrogens with one attached hydrogen (secondary N) is 1. The molecule has 1 N–H and O–H groups in total. The zero-order chi connectivity index (χ0) is 20.5. The number of carbonyl (C=O) groups is 1. The van der Waals surface area contributed by atoms with Crippen LogP contribution in [-0.4, -0.2) is 59.9 Å². The van der Waals surface area contributed by atoms with Gasteiger partial charge >= 0.3 is 0 Å². The number of rotatable bonds is 8. The molecule has 0 saturated carbocycles.